The summed E-state index contributed by atoms with van der Waals surface area (Å²) in [6, 6.07) is 3.54. The molecule has 0 radical (unpaired) electrons. The number of likely N-dealkylation sites (tertiary alicyclic amines) is 1. The van der Waals surface area contributed by atoms with Gasteiger partial charge in [0.05, 0.1) is 18.4 Å². The summed E-state index contributed by atoms with van der Waals surface area (Å²) in [5, 5.41) is 6.86. The van der Waals surface area contributed by atoms with Crippen molar-refractivity contribution in [2.75, 3.05) is 18.4 Å². The summed E-state index contributed by atoms with van der Waals surface area (Å²) in [6.07, 6.45) is 10.9. The topological polar surface area (TPSA) is 83.9 Å². The number of piperidine rings is 1. The number of amides is 2. The van der Waals surface area contributed by atoms with Gasteiger partial charge < -0.3 is 15.1 Å². The molecule has 7 heteroatoms. The van der Waals surface area contributed by atoms with Gasteiger partial charge in [0.2, 0.25) is 5.91 Å². The van der Waals surface area contributed by atoms with E-state index in [4.69, 9.17) is 4.84 Å². The Labute approximate surface area is 159 Å². The molecule has 1 aromatic heterocycles. The molecule has 4 rings (SSSR count). The Balaban J connectivity index is 1.37. The van der Waals surface area contributed by atoms with Crippen molar-refractivity contribution in [3.05, 3.63) is 24.5 Å². The van der Waals surface area contributed by atoms with Gasteiger partial charge in [-0.1, -0.05) is 24.4 Å². The summed E-state index contributed by atoms with van der Waals surface area (Å²) >= 11 is 0. The molecular weight excluding hydrogens is 344 g/mol. The van der Waals surface area contributed by atoms with E-state index in [0.717, 1.165) is 45.1 Å². The Morgan fingerprint density at radius 3 is 2.85 bits per heavy atom. The minimum absolute atomic E-state index is 0.157. The highest BCUT2D eigenvalue weighted by Gasteiger charge is 2.46. The van der Waals surface area contributed by atoms with E-state index in [-0.39, 0.29) is 17.7 Å². The summed E-state index contributed by atoms with van der Waals surface area (Å²) in [7, 11) is 0. The first-order chi connectivity index (χ1) is 13.2. The molecule has 0 unspecified atom stereocenters. The first-order valence-corrected chi connectivity index (χ1v) is 9.90. The highest BCUT2D eigenvalue weighted by molar-refractivity contribution is 6.43. The molecule has 1 saturated heterocycles. The standard InChI is InChI=1S/C20H26N4O3/c25-18(22-16-8-4-10-21-13-16)17-12-20(27-23-17)9-5-11-24(14-20)19(26)15-6-2-1-3-7-15/h4,8,10,13,15H,1-3,5-7,9,11-12,14H2,(H,22,25)/t20-/m1/s1. The minimum atomic E-state index is -0.551. The van der Waals surface area contributed by atoms with Crippen molar-refractivity contribution in [3.8, 4) is 0 Å². The van der Waals surface area contributed by atoms with E-state index < -0.39 is 5.60 Å². The van der Waals surface area contributed by atoms with Gasteiger partial charge in [-0.15, -0.1) is 0 Å². The van der Waals surface area contributed by atoms with Crippen LogP contribution in [0.25, 0.3) is 0 Å². The summed E-state index contributed by atoms with van der Waals surface area (Å²) in [4.78, 5) is 37.0. The van der Waals surface area contributed by atoms with Crippen LogP contribution in [0.5, 0.6) is 0 Å². The van der Waals surface area contributed by atoms with Gasteiger partial charge in [-0.05, 0) is 37.8 Å². The lowest BCUT2D eigenvalue weighted by Gasteiger charge is -2.40. The molecule has 0 aromatic carbocycles. The molecule has 1 atom stereocenters. The van der Waals surface area contributed by atoms with Crippen LogP contribution in [0.4, 0.5) is 5.69 Å². The number of carbonyl (C=O) groups excluding carboxylic acids is 2. The monoisotopic (exact) mass is 370 g/mol. The highest BCUT2D eigenvalue weighted by Crippen LogP contribution is 2.35. The zero-order valence-electron chi connectivity index (χ0n) is 15.5. The highest BCUT2D eigenvalue weighted by atomic mass is 16.7. The van der Waals surface area contributed by atoms with Crippen LogP contribution < -0.4 is 5.32 Å². The van der Waals surface area contributed by atoms with E-state index in [0.29, 0.717) is 24.4 Å². The Morgan fingerprint density at radius 2 is 2.07 bits per heavy atom. The first kappa shape index (κ1) is 17.9. The van der Waals surface area contributed by atoms with Crippen LogP contribution in [-0.4, -0.2) is 46.1 Å². The number of rotatable bonds is 3. The van der Waals surface area contributed by atoms with Gasteiger partial charge in [0.25, 0.3) is 5.91 Å². The van der Waals surface area contributed by atoms with Gasteiger partial charge in [0.15, 0.2) is 5.60 Å². The normalized spacial score (nSPS) is 25.8. The predicted octanol–water partition coefficient (Wildman–Crippen LogP) is 2.74. The molecule has 1 aliphatic carbocycles. The van der Waals surface area contributed by atoms with Crippen LogP contribution in [-0.2, 0) is 14.4 Å². The predicted molar refractivity (Wildman–Crippen MR) is 101 cm³/mol. The maximum absolute atomic E-state index is 12.9. The Morgan fingerprint density at radius 1 is 1.22 bits per heavy atom. The summed E-state index contributed by atoms with van der Waals surface area (Å²) in [6.45, 7) is 1.30. The number of oxime groups is 1. The maximum atomic E-state index is 12.9. The molecule has 2 amide bonds. The maximum Gasteiger partial charge on any atom is 0.273 e. The van der Waals surface area contributed by atoms with Crippen LogP contribution in [0, 0.1) is 5.92 Å². The fraction of sp³-hybridized carbons (Fsp3) is 0.600. The second kappa shape index (κ2) is 7.66. The van der Waals surface area contributed by atoms with Gasteiger partial charge in [-0.2, -0.15) is 0 Å². The molecule has 3 aliphatic rings. The molecule has 1 N–H and O–H groups in total. The van der Waals surface area contributed by atoms with Crippen molar-refractivity contribution >= 4 is 23.2 Å². The van der Waals surface area contributed by atoms with Gasteiger partial charge in [-0.25, -0.2) is 0 Å². The van der Waals surface area contributed by atoms with Crippen LogP contribution in [0.15, 0.2) is 29.7 Å². The van der Waals surface area contributed by atoms with Crippen LogP contribution >= 0.6 is 0 Å². The van der Waals surface area contributed by atoms with Crippen LogP contribution in [0.2, 0.25) is 0 Å². The number of anilines is 1. The van der Waals surface area contributed by atoms with E-state index in [2.05, 4.69) is 15.5 Å². The second-order valence-corrected chi connectivity index (χ2v) is 7.88. The van der Waals surface area contributed by atoms with Gasteiger partial charge in [0, 0.05) is 25.1 Å². The molecule has 1 saturated carbocycles. The number of nitrogens with zero attached hydrogens (tertiary/aromatic N) is 3. The van der Waals surface area contributed by atoms with Crippen LogP contribution in [0.1, 0.15) is 51.4 Å². The third-order valence-electron chi connectivity index (χ3n) is 5.83. The van der Waals surface area contributed by atoms with Gasteiger partial charge >= 0.3 is 0 Å². The van der Waals surface area contributed by atoms with Crippen molar-refractivity contribution in [2.45, 2.75) is 57.0 Å². The molecule has 1 spiro atoms. The third kappa shape index (κ3) is 3.96. The van der Waals surface area contributed by atoms with E-state index in [1.165, 1.54) is 6.42 Å². The largest absolute Gasteiger partial charge is 0.386 e. The molecular formula is C20H26N4O3. The van der Waals surface area contributed by atoms with Crippen LogP contribution in [0.3, 0.4) is 0 Å². The fourth-order valence-electron chi connectivity index (χ4n) is 4.40. The zero-order chi connectivity index (χ0) is 18.7. The molecule has 27 heavy (non-hydrogen) atoms. The van der Waals surface area contributed by atoms with Crippen molar-refractivity contribution < 1.29 is 14.4 Å². The molecule has 2 fully saturated rings. The van der Waals surface area contributed by atoms with Crippen molar-refractivity contribution in [1.82, 2.24) is 9.88 Å². The quantitative estimate of drug-likeness (QED) is 0.887. The van der Waals surface area contributed by atoms with Gasteiger partial charge in [0.1, 0.15) is 5.71 Å². The number of pyridine rings is 1. The number of aromatic nitrogens is 1. The van der Waals surface area contributed by atoms with Crippen molar-refractivity contribution in [1.29, 1.82) is 0 Å². The first-order valence-electron chi connectivity index (χ1n) is 9.90. The number of hydrogen-bond donors (Lipinski definition) is 1. The summed E-state index contributed by atoms with van der Waals surface area (Å²) in [5.41, 5.74) is 0.458. The average molecular weight is 370 g/mol. The summed E-state index contributed by atoms with van der Waals surface area (Å²) < 4.78 is 0. The minimum Gasteiger partial charge on any atom is -0.386 e. The molecule has 144 valence electrons. The Bertz CT molecular complexity index is 730. The number of hydrogen-bond acceptors (Lipinski definition) is 5. The van der Waals surface area contributed by atoms with Gasteiger partial charge in [-0.3, -0.25) is 14.6 Å². The van der Waals surface area contributed by atoms with E-state index in [1.54, 1.807) is 24.5 Å². The molecule has 3 heterocycles. The molecule has 7 nitrogen and oxygen atoms in total. The molecule has 0 bridgehead atoms. The lowest BCUT2D eigenvalue weighted by Crippen LogP contribution is -2.52. The van der Waals surface area contributed by atoms with E-state index in [1.807, 2.05) is 4.90 Å². The van der Waals surface area contributed by atoms with E-state index in [9.17, 15) is 9.59 Å². The SMILES string of the molecule is O=C(Nc1cccnc1)C1=NO[C@]2(CCCN(C(=O)C3CCCCC3)C2)C1. The van der Waals surface area contributed by atoms with E-state index >= 15 is 0 Å². The zero-order valence-corrected chi connectivity index (χ0v) is 15.5. The average Bonchev–Trinajstić information content (AvgIpc) is 3.12. The van der Waals surface area contributed by atoms with Crippen molar-refractivity contribution in [3.63, 3.8) is 0 Å². The summed E-state index contributed by atoms with van der Waals surface area (Å²) in [5.74, 6) is 0.144. The Hall–Kier alpha value is -2.44. The molecule has 1 aromatic rings. The Kier molecular flexibility index (Phi) is 5.09. The second-order valence-electron chi connectivity index (χ2n) is 7.88. The number of nitrogens with one attached hydrogen (secondary N) is 1. The third-order valence-corrected chi connectivity index (χ3v) is 5.83. The smallest absolute Gasteiger partial charge is 0.273 e. The number of carbonyl (C=O) groups is 2. The molecule has 2 aliphatic heterocycles. The van der Waals surface area contributed by atoms with Crippen molar-refractivity contribution in [2.24, 2.45) is 11.1 Å². The lowest BCUT2D eigenvalue weighted by molar-refractivity contribution is -0.145. The lowest BCUT2D eigenvalue weighted by atomic mass is 9.85. The fourth-order valence-corrected chi connectivity index (χ4v) is 4.40.